The van der Waals surface area contributed by atoms with E-state index in [1.807, 2.05) is 0 Å². The minimum Gasteiger partial charge on any atom is -0.237 e. The van der Waals surface area contributed by atoms with Crippen LogP contribution in [-0.4, -0.2) is 15.6 Å². The van der Waals surface area contributed by atoms with Gasteiger partial charge in [-0.3, -0.25) is 0 Å². The molecule has 1 aromatic heterocycles. The average molecular weight is 452 g/mol. The Morgan fingerprint density at radius 2 is 1.48 bits per heavy atom. The molecule has 0 aromatic carbocycles. The lowest BCUT2D eigenvalue weighted by molar-refractivity contribution is -0.696. The summed E-state index contributed by atoms with van der Waals surface area (Å²) in [5, 5.41) is 0.874. The largest absolute Gasteiger partial charge is 0.243 e. The van der Waals surface area contributed by atoms with Gasteiger partial charge in [0.25, 0.3) is 0 Å². The van der Waals surface area contributed by atoms with E-state index in [1.54, 1.807) is 0 Å². The summed E-state index contributed by atoms with van der Waals surface area (Å²) in [4.78, 5) is 0. The maximum absolute atomic E-state index is 2.49. The SMILES string of the molecule is CCCCn1cc[n+](CCCSC(CCCCC(C)C)CCC(C)CCCC(C)C)c1. The van der Waals surface area contributed by atoms with Gasteiger partial charge in [-0.15, -0.1) is 0 Å². The van der Waals surface area contributed by atoms with Crippen molar-refractivity contribution in [1.82, 2.24) is 4.57 Å². The third kappa shape index (κ3) is 15.9. The van der Waals surface area contributed by atoms with E-state index in [4.69, 9.17) is 0 Å². The molecule has 2 atom stereocenters. The fourth-order valence-corrected chi connectivity index (χ4v) is 5.53. The normalized spacial score (nSPS) is 13.9. The summed E-state index contributed by atoms with van der Waals surface area (Å²) >= 11 is 2.27. The molecular formula is C28H55N2S+. The smallest absolute Gasteiger partial charge is 0.237 e. The molecule has 0 bridgehead atoms. The highest BCUT2D eigenvalue weighted by molar-refractivity contribution is 7.99. The van der Waals surface area contributed by atoms with Gasteiger partial charge >= 0.3 is 0 Å². The van der Waals surface area contributed by atoms with E-state index < -0.39 is 0 Å². The highest BCUT2D eigenvalue weighted by Crippen LogP contribution is 2.27. The summed E-state index contributed by atoms with van der Waals surface area (Å²) in [5.41, 5.74) is 0. The van der Waals surface area contributed by atoms with E-state index in [9.17, 15) is 0 Å². The molecule has 0 aliphatic carbocycles. The molecule has 2 unspecified atom stereocenters. The predicted octanol–water partition coefficient (Wildman–Crippen LogP) is 8.53. The first-order valence-corrected chi connectivity index (χ1v) is 14.6. The minimum absolute atomic E-state index is 0.855. The summed E-state index contributed by atoms with van der Waals surface area (Å²) in [6.07, 6.45) is 23.4. The van der Waals surface area contributed by atoms with Gasteiger partial charge in [0.1, 0.15) is 12.4 Å². The van der Waals surface area contributed by atoms with E-state index >= 15 is 0 Å². The van der Waals surface area contributed by atoms with Gasteiger partial charge in [-0.2, -0.15) is 11.8 Å². The molecule has 31 heavy (non-hydrogen) atoms. The summed E-state index contributed by atoms with van der Waals surface area (Å²) in [6.45, 7) is 16.5. The number of rotatable bonds is 20. The molecule has 0 aliphatic heterocycles. The molecule has 3 heteroatoms. The Balaban J connectivity index is 2.32. The van der Waals surface area contributed by atoms with Crippen LogP contribution in [-0.2, 0) is 13.1 Å². The van der Waals surface area contributed by atoms with Crippen LogP contribution in [0.4, 0.5) is 0 Å². The van der Waals surface area contributed by atoms with Crippen molar-refractivity contribution in [2.24, 2.45) is 17.8 Å². The van der Waals surface area contributed by atoms with Gasteiger partial charge in [-0.25, -0.2) is 9.13 Å². The number of imidazole rings is 1. The van der Waals surface area contributed by atoms with Crippen LogP contribution in [0.25, 0.3) is 0 Å². The molecule has 1 rings (SSSR count). The number of aromatic nitrogens is 2. The zero-order valence-corrected chi connectivity index (χ0v) is 22.8. The second-order valence-corrected chi connectivity index (χ2v) is 12.2. The molecular weight excluding hydrogens is 396 g/mol. The quantitative estimate of drug-likeness (QED) is 0.142. The monoisotopic (exact) mass is 451 g/mol. The van der Waals surface area contributed by atoms with Crippen molar-refractivity contribution in [2.45, 2.75) is 137 Å². The van der Waals surface area contributed by atoms with Gasteiger partial charge in [0.15, 0.2) is 0 Å². The summed E-state index contributed by atoms with van der Waals surface area (Å²) in [7, 11) is 0. The number of hydrogen-bond donors (Lipinski definition) is 0. The second-order valence-electron chi connectivity index (χ2n) is 10.8. The van der Waals surface area contributed by atoms with E-state index in [0.29, 0.717) is 0 Å². The number of thioether (sulfide) groups is 1. The van der Waals surface area contributed by atoms with Crippen LogP contribution in [0.2, 0.25) is 0 Å². The molecule has 0 saturated heterocycles. The Hall–Kier alpha value is -0.440. The van der Waals surface area contributed by atoms with E-state index in [0.717, 1.165) is 36.1 Å². The Kier molecular flexibility index (Phi) is 16.6. The van der Waals surface area contributed by atoms with Crippen LogP contribution in [0.3, 0.4) is 0 Å². The molecule has 0 fully saturated rings. The van der Waals surface area contributed by atoms with Crippen LogP contribution < -0.4 is 4.57 Å². The van der Waals surface area contributed by atoms with Crippen molar-refractivity contribution in [1.29, 1.82) is 0 Å². The Morgan fingerprint density at radius 1 is 0.774 bits per heavy atom. The third-order valence-electron chi connectivity index (χ3n) is 6.45. The molecule has 0 N–H and O–H groups in total. The van der Waals surface area contributed by atoms with Gasteiger partial charge in [0.2, 0.25) is 6.33 Å². The van der Waals surface area contributed by atoms with Gasteiger partial charge in [-0.05, 0) is 55.6 Å². The number of aryl methyl sites for hydroxylation is 2. The maximum Gasteiger partial charge on any atom is 0.243 e. The molecule has 0 aliphatic rings. The molecule has 1 heterocycles. The first kappa shape index (κ1) is 28.6. The first-order chi connectivity index (χ1) is 14.9. The molecule has 182 valence electrons. The molecule has 2 nitrogen and oxygen atoms in total. The van der Waals surface area contributed by atoms with E-state index in [-0.39, 0.29) is 0 Å². The minimum atomic E-state index is 0.855. The van der Waals surface area contributed by atoms with E-state index in [1.165, 1.54) is 82.8 Å². The maximum atomic E-state index is 2.49. The Morgan fingerprint density at radius 3 is 2.19 bits per heavy atom. The number of unbranched alkanes of at least 4 members (excludes halogenated alkanes) is 2. The first-order valence-electron chi connectivity index (χ1n) is 13.6. The predicted molar refractivity (Wildman–Crippen MR) is 141 cm³/mol. The fourth-order valence-electron chi connectivity index (χ4n) is 4.27. The highest BCUT2D eigenvalue weighted by Gasteiger charge is 2.13. The summed E-state index contributed by atoms with van der Waals surface area (Å²) in [5.74, 6) is 3.92. The van der Waals surface area contributed by atoms with Crippen molar-refractivity contribution in [3.63, 3.8) is 0 Å². The lowest BCUT2D eigenvalue weighted by Crippen LogP contribution is -2.31. The van der Waals surface area contributed by atoms with Crippen molar-refractivity contribution < 1.29 is 4.57 Å². The average Bonchev–Trinajstić information content (AvgIpc) is 3.17. The third-order valence-corrected chi connectivity index (χ3v) is 7.91. The molecule has 0 saturated carbocycles. The summed E-state index contributed by atoms with van der Waals surface area (Å²) in [6, 6.07) is 0. The number of hydrogen-bond acceptors (Lipinski definition) is 1. The van der Waals surface area contributed by atoms with Crippen molar-refractivity contribution in [3.05, 3.63) is 18.7 Å². The van der Waals surface area contributed by atoms with Crippen molar-refractivity contribution >= 4 is 11.8 Å². The van der Waals surface area contributed by atoms with Crippen LogP contribution in [0.5, 0.6) is 0 Å². The molecule has 0 radical (unpaired) electrons. The van der Waals surface area contributed by atoms with Crippen LogP contribution in [0.15, 0.2) is 18.7 Å². The van der Waals surface area contributed by atoms with Crippen molar-refractivity contribution in [3.8, 4) is 0 Å². The standard InChI is InChI=1S/C28H55N2S/c1-7-8-19-29-21-22-30(24-29)20-12-23-31-28(16-10-9-13-25(2)3)18-17-27(6)15-11-14-26(4)5/h21-22,24-28H,7-20,23H2,1-6H3/q+1. The molecule has 0 spiro atoms. The Bertz CT molecular complexity index is 523. The highest BCUT2D eigenvalue weighted by atomic mass is 32.2. The molecule has 1 aromatic rings. The Labute approximate surface area is 200 Å². The van der Waals surface area contributed by atoms with Crippen LogP contribution >= 0.6 is 11.8 Å². The van der Waals surface area contributed by atoms with Gasteiger partial charge in [-0.1, -0.05) is 86.5 Å². The topological polar surface area (TPSA) is 8.81 Å². The molecule has 0 amide bonds. The second kappa shape index (κ2) is 18.0. The lowest BCUT2D eigenvalue weighted by Gasteiger charge is -2.19. The van der Waals surface area contributed by atoms with Crippen LogP contribution in [0, 0.1) is 17.8 Å². The fraction of sp³-hybridized carbons (Fsp3) is 0.893. The van der Waals surface area contributed by atoms with Gasteiger partial charge in [0.05, 0.1) is 13.1 Å². The zero-order chi connectivity index (χ0) is 22.9. The summed E-state index contributed by atoms with van der Waals surface area (Å²) < 4.78 is 4.72. The number of nitrogens with zero attached hydrogens (tertiary/aromatic N) is 2. The lowest BCUT2D eigenvalue weighted by atomic mass is 9.94. The van der Waals surface area contributed by atoms with E-state index in [2.05, 4.69) is 81.2 Å². The van der Waals surface area contributed by atoms with Gasteiger partial charge in [0, 0.05) is 5.25 Å². The van der Waals surface area contributed by atoms with Crippen LogP contribution in [0.1, 0.15) is 119 Å². The van der Waals surface area contributed by atoms with Crippen molar-refractivity contribution in [2.75, 3.05) is 5.75 Å². The zero-order valence-electron chi connectivity index (χ0n) is 22.0. The van der Waals surface area contributed by atoms with Gasteiger partial charge < -0.3 is 0 Å².